The van der Waals surface area contributed by atoms with E-state index in [0.29, 0.717) is 11.0 Å². The third-order valence-corrected chi connectivity index (χ3v) is 4.47. The quantitative estimate of drug-likeness (QED) is 0.539. The maximum atomic E-state index is 13.5. The average Bonchev–Trinajstić information content (AvgIpc) is 3.13. The summed E-state index contributed by atoms with van der Waals surface area (Å²) in [6.07, 6.45) is -13.0. The highest BCUT2D eigenvalue weighted by Crippen LogP contribution is 2.39. The minimum atomic E-state index is -5.01. The summed E-state index contributed by atoms with van der Waals surface area (Å²) in [6, 6.07) is 6.05. The average molecular weight is 465 g/mol. The van der Waals surface area contributed by atoms with Crippen molar-refractivity contribution >= 4 is 28.9 Å². The number of anilines is 2. The summed E-state index contributed by atoms with van der Waals surface area (Å²) in [5, 5.41) is 11.2. The van der Waals surface area contributed by atoms with Gasteiger partial charge >= 0.3 is 12.4 Å². The molecule has 2 aromatic rings. The fourth-order valence-corrected chi connectivity index (χ4v) is 3.11. The van der Waals surface area contributed by atoms with E-state index < -0.39 is 54.0 Å². The summed E-state index contributed by atoms with van der Waals surface area (Å²) in [5.41, 5.74) is -2.50. The van der Waals surface area contributed by atoms with Crippen LogP contribution in [0.4, 0.5) is 37.7 Å². The van der Waals surface area contributed by atoms with Crippen LogP contribution >= 0.6 is 11.6 Å². The van der Waals surface area contributed by atoms with E-state index in [1.165, 1.54) is 24.4 Å². The molecule has 164 valence electrons. The van der Waals surface area contributed by atoms with Gasteiger partial charge in [-0.25, -0.2) is 4.98 Å². The Hall–Kier alpha value is -3.04. The maximum Gasteiger partial charge on any atom is 0.433 e. The van der Waals surface area contributed by atoms with Gasteiger partial charge in [0.25, 0.3) is 5.91 Å². The van der Waals surface area contributed by atoms with Gasteiger partial charge < -0.3 is 15.0 Å². The van der Waals surface area contributed by atoms with Crippen LogP contribution in [0, 0.1) is 11.3 Å². The maximum absolute atomic E-state index is 13.5. The number of nitriles is 1. The van der Waals surface area contributed by atoms with Crippen molar-refractivity contribution in [2.75, 3.05) is 16.8 Å². The Morgan fingerprint density at radius 3 is 2.52 bits per heavy atom. The smallest absolute Gasteiger partial charge is 0.335 e. The third kappa shape index (κ3) is 5.00. The summed E-state index contributed by atoms with van der Waals surface area (Å²) in [5.74, 6) is -0.955. The Kier molecular flexibility index (Phi) is 6.02. The lowest BCUT2D eigenvalue weighted by Gasteiger charge is -2.27. The molecular weight excluding hydrogens is 454 g/mol. The molecule has 2 heterocycles. The minimum absolute atomic E-state index is 0.0252. The summed E-state index contributed by atoms with van der Waals surface area (Å²) in [6.45, 7) is -0.683. The fourth-order valence-electron chi connectivity index (χ4n) is 2.93. The molecule has 1 aliphatic rings. The second-order valence-corrected chi connectivity index (χ2v) is 6.75. The molecule has 0 bridgehead atoms. The number of ether oxygens (including phenoxy) is 1. The molecule has 1 fully saturated rings. The van der Waals surface area contributed by atoms with Crippen LogP contribution < -0.4 is 10.2 Å². The molecule has 1 N–H and O–H groups in total. The van der Waals surface area contributed by atoms with Gasteiger partial charge in [-0.15, -0.1) is 0 Å². The van der Waals surface area contributed by atoms with Gasteiger partial charge in [-0.05, 0) is 30.3 Å². The number of halogens is 7. The first kappa shape index (κ1) is 22.6. The SMILES string of the molecule is N#Cc1ccc(N2C[C@@H](C(=O)Nc3ccnc(Cl)c3)O[C@@H]2C(F)(F)F)cc1C(F)(F)F. The zero-order chi connectivity index (χ0) is 23.0. The van der Waals surface area contributed by atoms with Crippen LogP contribution in [0.3, 0.4) is 0 Å². The Balaban J connectivity index is 1.91. The van der Waals surface area contributed by atoms with Gasteiger partial charge in [-0.1, -0.05) is 11.6 Å². The summed E-state index contributed by atoms with van der Waals surface area (Å²) < 4.78 is 84.9. The van der Waals surface area contributed by atoms with Crippen LogP contribution in [0.15, 0.2) is 36.5 Å². The summed E-state index contributed by atoms with van der Waals surface area (Å²) in [4.78, 5) is 16.6. The number of amides is 1. The van der Waals surface area contributed by atoms with Crippen molar-refractivity contribution in [3.05, 3.63) is 52.8 Å². The molecule has 31 heavy (non-hydrogen) atoms. The van der Waals surface area contributed by atoms with Crippen LogP contribution in [0.25, 0.3) is 0 Å². The number of nitrogens with one attached hydrogen (secondary N) is 1. The Morgan fingerprint density at radius 2 is 1.94 bits per heavy atom. The number of benzene rings is 1. The van der Waals surface area contributed by atoms with Crippen LogP contribution in [0.5, 0.6) is 0 Å². The van der Waals surface area contributed by atoms with Crippen molar-refractivity contribution < 1.29 is 35.9 Å². The predicted octanol–water partition coefficient (Wildman–Crippen LogP) is 4.36. The highest BCUT2D eigenvalue weighted by atomic mass is 35.5. The van der Waals surface area contributed by atoms with E-state index in [1.54, 1.807) is 0 Å². The largest absolute Gasteiger partial charge is 0.433 e. The molecule has 6 nitrogen and oxygen atoms in total. The van der Waals surface area contributed by atoms with Crippen LogP contribution in [-0.2, 0) is 15.7 Å². The standard InChI is InChI=1S/C18H11ClF6N4O2/c19-14-5-10(3-4-27-14)28-15(30)13-8-29(16(31-13)18(23,24)25)11-2-1-9(7-26)12(6-11)17(20,21)22/h1-6,13,16H,8H2,(H,27,28,30)/t13-,16+/m0/s1. The number of hydrogen-bond donors (Lipinski definition) is 1. The molecule has 0 saturated carbocycles. The van der Waals surface area contributed by atoms with Crippen molar-refractivity contribution in [2.24, 2.45) is 0 Å². The van der Waals surface area contributed by atoms with E-state index in [2.05, 4.69) is 10.3 Å². The zero-order valence-corrected chi connectivity index (χ0v) is 15.9. The molecule has 0 aliphatic carbocycles. The normalized spacial score (nSPS) is 19.2. The topological polar surface area (TPSA) is 78.3 Å². The van der Waals surface area contributed by atoms with E-state index in [0.717, 1.165) is 12.1 Å². The van der Waals surface area contributed by atoms with Gasteiger partial charge in [-0.3, -0.25) is 4.79 Å². The first-order chi connectivity index (χ1) is 14.4. The van der Waals surface area contributed by atoms with Gasteiger partial charge in [0.2, 0.25) is 6.23 Å². The van der Waals surface area contributed by atoms with Gasteiger partial charge in [0, 0.05) is 17.6 Å². The molecule has 3 rings (SSSR count). The van der Waals surface area contributed by atoms with E-state index >= 15 is 0 Å². The molecule has 1 aromatic heterocycles. The number of carbonyl (C=O) groups is 1. The molecule has 0 spiro atoms. The number of carbonyl (C=O) groups excluding carboxylic acids is 1. The number of hydrogen-bond acceptors (Lipinski definition) is 5. The van der Waals surface area contributed by atoms with Crippen LogP contribution in [0.2, 0.25) is 5.15 Å². The molecule has 0 radical (unpaired) electrons. The van der Waals surface area contributed by atoms with E-state index in [9.17, 15) is 31.1 Å². The van der Waals surface area contributed by atoms with Gasteiger partial charge in [0.05, 0.1) is 23.7 Å². The minimum Gasteiger partial charge on any atom is -0.335 e. The lowest BCUT2D eigenvalue weighted by Crippen LogP contribution is -2.42. The molecule has 1 aromatic carbocycles. The number of nitrogens with zero attached hydrogens (tertiary/aromatic N) is 3. The van der Waals surface area contributed by atoms with Crippen molar-refractivity contribution in [2.45, 2.75) is 24.7 Å². The lowest BCUT2D eigenvalue weighted by molar-refractivity contribution is -0.212. The van der Waals surface area contributed by atoms with E-state index in [-0.39, 0.29) is 10.8 Å². The fraction of sp³-hybridized carbons (Fsp3) is 0.278. The van der Waals surface area contributed by atoms with Crippen molar-refractivity contribution in [1.29, 1.82) is 5.26 Å². The molecule has 0 unspecified atom stereocenters. The molecule has 2 atom stereocenters. The Morgan fingerprint density at radius 1 is 1.23 bits per heavy atom. The second-order valence-electron chi connectivity index (χ2n) is 6.37. The predicted molar refractivity (Wildman–Crippen MR) is 96.1 cm³/mol. The van der Waals surface area contributed by atoms with Crippen LogP contribution in [0.1, 0.15) is 11.1 Å². The summed E-state index contributed by atoms with van der Waals surface area (Å²) >= 11 is 5.69. The molecule has 13 heteroatoms. The molecule has 1 aliphatic heterocycles. The van der Waals surface area contributed by atoms with Gasteiger partial charge in [-0.2, -0.15) is 31.6 Å². The number of rotatable bonds is 3. The third-order valence-electron chi connectivity index (χ3n) is 4.27. The van der Waals surface area contributed by atoms with E-state index in [1.807, 2.05) is 0 Å². The summed E-state index contributed by atoms with van der Waals surface area (Å²) in [7, 11) is 0. The lowest BCUT2D eigenvalue weighted by atomic mass is 10.1. The number of aromatic nitrogens is 1. The van der Waals surface area contributed by atoms with Crippen molar-refractivity contribution in [3.8, 4) is 6.07 Å². The van der Waals surface area contributed by atoms with Crippen molar-refractivity contribution in [1.82, 2.24) is 4.98 Å². The Labute approximate surface area is 176 Å². The highest BCUT2D eigenvalue weighted by molar-refractivity contribution is 6.29. The molecule has 1 amide bonds. The number of pyridine rings is 1. The first-order valence-electron chi connectivity index (χ1n) is 8.42. The monoisotopic (exact) mass is 464 g/mol. The highest BCUT2D eigenvalue weighted by Gasteiger charge is 2.52. The van der Waals surface area contributed by atoms with Gasteiger partial charge in [0.1, 0.15) is 5.15 Å². The van der Waals surface area contributed by atoms with Crippen molar-refractivity contribution in [3.63, 3.8) is 0 Å². The molecular formula is C18H11ClF6N4O2. The second kappa shape index (κ2) is 8.24. The van der Waals surface area contributed by atoms with Gasteiger partial charge in [0.15, 0.2) is 6.10 Å². The first-order valence-corrected chi connectivity index (χ1v) is 8.80. The van der Waals surface area contributed by atoms with E-state index in [4.69, 9.17) is 21.6 Å². The zero-order valence-electron chi connectivity index (χ0n) is 15.1. The van der Waals surface area contributed by atoms with Crippen LogP contribution in [-0.4, -0.2) is 35.9 Å². The number of alkyl halides is 6. The Bertz CT molecular complexity index is 1040. The molecule has 1 saturated heterocycles.